The van der Waals surface area contributed by atoms with Crippen molar-refractivity contribution in [3.05, 3.63) is 50.7 Å². The number of halogens is 5. The number of aromatic nitrogens is 1. The summed E-state index contributed by atoms with van der Waals surface area (Å²) in [5, 5.41) is 7.73. The van der Waals surface area contributed by atoms with Gasteiger partial charge in [0, 0.05) is 42.5 Å². The number of aliphatic imine (C=N–C) groups is 1. The molecule has 4 nitrogen and oxygen atoms in total. The monoisotopic (exact) mass is 408 g/mol. The molecule has 0 fully saturated rings. The van der Waals surface area contributed by atoms with E-state index in [1.54, 1.807) is 13.1 Å². The van der Waals surface area contributed by atoms with Gasteiger partial charge >= 0.3 is 6.18 Å². The number of hydrogen-bond acceptors (Lipinski definition) is 3. The van der Waals surface area contributed by atoms with E-state index in [0.717, 1.165) is 16.7 Å². The predicted octanol–water partition coefficient (Wildman–Crippen LogP) is 3.90. The quantitative estimate of drug-likeness (QED) is 0.433. The molecule has 2 N–H and O–H groups in total. The average Bonchev–Trinajstić information content (AvgIpc) is 3.05. The molecule has 0 bridgehead atoms. The van der Waals surface area contributed by atoms with Crippen molar-refractivity contribution in [3.63, 3.8) is 0 Å². The van der Waals surface area contributed by atoms with E-state index in [4.69, 9.17) is 11.6 Å². The lowest BCUT2D eigenvalue weighted by Crippen LogP contribution is -2.39. The molecule has 2 rings (SSSR count). The highest BCUT2D eigenvalue weighted by molar-refractivity contribution is 7.09. The molecule has 0 aliphatic carbocycles. The van der Waals surface area contributed by atoms with Crippen LogP contribution in [0.2, 0.25) is 5.02 Å². The standard InChI is InChI=1S/C16H17ClF4N4S/c1-22-15(23-7-5-10-11(17)3-2-4-12(10)18)24-8-6-14-25-13(9-26-14)16(19,20)21/h2-4,9H,5-8H2,1H3,(H2,22,23,24). The first-order chi connectivity index (χ1) is 12.3. The minimum absolute atomic E-state index is 0.334. The van der Waals surface area contributed by atoms with Crippen LogP contribution in [0.1, 0.15) is 16.3 Å². The molecule has 1 aromatic carbocycles. The highest BCUT2D eigenvalue weighted by atomic mass is 35.5. The molecule has 10 heteroatoms. The maximum Gasteiger partial charge on any atom is 0.434 e. The highest BCUT2D eigenvalue weighted by Crippen LogP contribution is 2.30. The number of nitrogens with zero attached hydrogens (tertiary/aromatic N) is 2. The molecule has 0 aliphatic rings. The Labute approximate surface area is 157 Å². The van der Waals surface area contributed by atoms with E-state index in [2.05, 4.69) is 20.6 Å². The van der Waals surface area contributed by atoms with Gasteiger partial charge in [0.1, 0.15) is 5.82 Å². The van der Waals surface area contributed by atoms with Gasteiger partial charge in [0.15, 0.2) is 11.7 Å². The van der Waals surface area contributed by atoms with E-state index in [1.165, 1.54) is 12.1 Å². The Morgan fingerprint density at radius 3 is 2.50 bits per heavy atom. The maximum absolute atomic E-state index is 13.7. The zero-order valence-electron chi connectivity index (χ0n) is 13.8. The molecular weight excluding hydrogens is 392 g/mol. The van der Waals surface area contributed by atoms with E-state index < -0.39 is 11.9 Å². The van der Waals surface area contributed by atoms with Gasteiger partial charge in [0.05, 0.1) is 5.01 Å². The molecule has 0 spiro atoms. The minimum Gasteiger partial charge on any atom is -0.356 e. The third-order valence-corrected chi connectivity index (χ3v) is 4.69. The molecule has 0 radical (unpaired) electrons. The summed E-state index contributed by atoms with van der Waals surface area (Å²) in [4.78, 5) is 7.57. The maximum atomic E-state index is 13.7. The van der Waals surface area contributed by atoms with Crippen molar-refractivity contribution in [1.82, 2.24) is 15.6 Å². The van der Waals surface area contributed by atoms with Crippen LogP contribution in [0.3, 0.4) is 0 Å². The smallest absolute Gasteiger partial charge is 0.356 e. The Balaban J connectivity index is 1.77. The van der Waals surface area contributed by atoms with Gasteiger partial charge in [-0.05, 0) is 18.6 Å². The zero-order chi connectivity index (χ0) is 19.2. The number of rotatable bonds is 6. The van der Waals surface area contributed by atoms with Gasteiger partial charge in [0.2, 0.25) is 0 Å². The number of nitrogens with one attached hydrogen (secondary N) is 2. The highest BCUT2D eigenvalue weighted by Gasteiger charge is 2.33. The van der Waals surface area contributed by atoms with Crippen molar-refractivity contribution in [2.24, 2.45) is 4.99 Å². The van der Waals surface area contributed by atoms with Crippen molar-refractivity contribution in [3.8, 4) is 0 Å². The molecule has 142 valence electrons. The van der Waals surface area contributed by atoms with Gasteiger partial charge in [-0.2, -0.15) is 13.2 Å². The predicted molar refractivity (Wildman–Crippen MR) is 95.3 cm³/mol. The molecule has 0 saturated carbocycles. The molecule has 0 aliphatic heterocycles. The lowest BCUT2D eigenvalue weighted by Gasteiger charge is -2.12. The Morgan fingerprint density at radius 2 is 1.92 bits per heavy atom. The van der Waals surface area contributed by atoms with E-state index >= 15 is 0 Å². The Bertz CT molecular complexity index is 741. The number of thiazole rings is 1. The molecule has 2 aromatic rings. The second-order valence-electron chi connectivity index (χ2n) is 5.25. The number of benzene rings is 1. The van der Waals surface area contributed by atoms with Crippen LogP contribution >= 0.6 is 22.9 Å². The summed E-state index contributed by atoms with van der Waals surface area (Å²) >= 11 is 6.93. The first-order valence-corrected chi connectivity index (χ1v) is 8.96. The van der Waals surface area contributed by atoms with Gasteiger partial charge < -0.3 is 10.6 Å². The number of alkyl halides is 3. The molecule has 1 aromatic heterocycles. The fourth-order valence-electron chi connectivity index (χ4n) is 2.14. The number of guanidine groups is 1. The zero-order valence-corrected chi connectivity index (χ0v) is 15.4. The third kappa shape index (κ3) is 5.84. The normalized spacial score (nSPS) is 12.3. The lowest BCUT2D eigenvalue weighted by molar-refractivity contribution is -0.140. The van der Waals surface area contributed by atoms with Crippen LogP contribution in [0.5, 0.6) is 0 Å². The molecule has 0 saturated heterocycles. The largest absolute Gasteiger partial charge is 0.434 e. The molecule has 26 heavy (non-hydrogen) atoms. The second-order valence-corrected chi connectivity index (χ2v) is 6.60. The van der Waals surface area contributed by atoms with Crippen LogP contribution in [0.4, 0.5) is 17.6 Å². The average molecular weight is 409 g/mol. The first-order valence-electron chi connectivity index (χ1n) is 7.70. The number of hydrogen-bond donors (Lipinski definition) is 2. The summed E-state index contributed by atoms with van der Waals surface area (Å²) in [6, 6.07) is 4.51. The van der Waals surface area contributed by atoms with Gasteiger partial charge in [0.25, 0.3) is 0 Å². The SMILES string of the molecule is CN=C(NCCc1nc(C(F)(F)F)cs1)NCCc1c(F)cccc1Cl. The Morgan fingerprint density at radius 1 is 1.23 bits per heavy atom. The Hall–Kier alpha value is -1.87. The minimum atomic E-state index is -4.42. The topological polar surface area (TPSA) is 49.3 Å². The van der Waals surface area contributed by atoms with Gasteiger partial charge in [-0.3, -0.25) is 4.99 Å². The molecule has 0 atom stereocenters. The van der Waals surface area contributed by atoms with Crippen LogP contribution < -0.4 is 10.6 Å². The van der Waals surface area contributed by atoms with Crippen molar-refractivity contribution < 1.29 is 17.6 Å². The summed E-state index contributed by atoms with van der Waals surface area (Å²) in [5.41, 5.74) is -0.457. The van der Waals surface area contributed by atoms with Crippen molar-refractivity contribution in [2.45, 2.75) is 19.0 Å². The molecular formula is C16H17ClF4N4S. The molecule has 0 unspecified atom stereocenters. The van der Waals surface area contributed by atoms with E-state index in [-0.39, 0.29) is 5.82 Å². The second kappa shape index (κ2) is 9.18. The van der Waals surface area contributed by atoms with Crippen LogP contribution in [-0.4, -0.2) is 31.1 Å². The summed E-state index contributed by atoms with van der Waals surface area (Å²) in [6.07, 6.45) is -3.72. The first kappa shape index (κ1) is 20.4. The van der Waals surface area contributed by atoms with Crippen LogP contribution in [-0.2, 0) is 19.0 Å². The Kier molecular flexibility index (Phi) is 7.22. The molecule has 0 amide bonds. The van der Waals surface area contributed by atoms with E-state index in [1.807, 2.05) is 0 Å². The fourth-order valence-corrected chi connectivity index (χ4v) is 3.20. The van der Waals surface area contributed by atoms with E-state index in [0.29, 0.717) is 47.5 Å². The van der Waals surface area contributed by atoms with Crippen LogP contribution in [0, 0.1) is 5.82 Å². The fraction of sp³-hybridized carbons (Fsp3) is 0.375. The summed E-state index contributed by atoms with van der Waals surface area (Å²) in [5.74, 6) is 0.0940. The van der Waals surface area contributed by atoms with Crippen molar-refractivity contribution in [2.75, 3.05) is 20.1 Å². The molecule has 1 heterocycles. The van der Waals surface area contributed by atoms with Gasteiger partial charge in [-0.15, -0.1) is 11.3 Å². The van der Waals surface area contributed by atoms with Crippen LogP contribution in [0.25, 0.3) is 0 Å². The summed E-state index contributed by atoms with van der Waals surface area (Å²) < 4.78 is 51.2. The van der Waals surface area contributed by atoms with E-state index in [9.17, 15) is 17.6 Å². The summed E-state index contributed by atoms with van der Waals surface area (Å²) in [6.45, 7) is 0.765. The van der Waals surface area contributed by atoms with Gasteiger partial charge in [-0.1, -0.05) is 17.7 Å². The third-order valence-electron chi connectivity index (χ3n) is 3.43. The van der Waals surface area contributed by atoms with Crippen molar-refractivity contribution in [1.29, 1.82) is 0 Å². The lowest BCUT2D eigenvalue weighted by atomic mass is 10.1. The summed E-state index contributed by atoms with van der Waals surface area (Å²) in [7, 11) is 1.57. The van der Waals surface area contributed by atoms with Crippen molar-refractivity contribution >= 4 is 28.9 Å². The van der Waals surface area contributed by atoms with Crippen LogP contribution in [0.15, 0.2) is 28.6 Å². The van der Waals surface area contributed by atoms with Gasteiger partial charge in [-0.25, -0.2) is 9.37 Å².